The molecular formula is C12H15ClFNO3. The number of aliphatic hydroxyl groups excluding tert-OH is 1. The molecule has 1 amide bonds. The molecule has 0 aliphatic heterocycles. The topological polar surface area (TPSA) is 49.8 Å². The molecule has 0 spiro atoms. The summed E-state index contributed by atoms with van der Waals surface area (Å²) < 4.78 is 18.4. The molecule has 0 saturated heterocycles. The third kappa shape index (κ3) is 3.94. The number of amides is 1. The normalized spacial score (nSPS) is 10.4. The fraction of sp³-hybridized carbons (Fsp3) is 0.417. The highest BCUT2D eigenvalue weighted by Gasteiger charge is 2.19. The number of methoxy groups -OCH3 is 1. The second-order valence-corrected chi connectivity index (χ2v) is 4.07. The van der Waals surface area contributed by atoms with Gasteiger partial charge in [0.05, 0.1) is 18.8 Å². The van der Waals surface area contributed by atoms with Crippen molar-refractivity contribution in [2.24, 2.45) is 0 Å². The fourth-order valence-electron chi connectivity index (χ4n) is 1.47. The average molecular weight is 276 g/mol. The Morgan fingerprint density at radius 3 is 2.83 bits per heavy atom. The van der Waals surface area contributed by atoms with Crippen LogP contribution in [0.2, 0.25) is 5.02 Å². The summed E-state index contributed by atoms with van der Waals surface area (Å²) in [4.78, 5) is 13.4. The molecule has 0 aliphatic carbocycles. The third-order valence-electron chi connectivity index (χ3n) is 2.38. The second kappa shape index (κ2) is 7.31. The van der Waals surface area contributed by atoms with Crippen LogP contribution in [0.4, 0.5) is 4.39 Å². The highest BCUT2D eigenvalue weighted by molar-refractivity contribution is 6.30. The van der Waals surface area contributed by atoms with Crippen LogP contribution in [-0.2, 0) is 4.74 Å². The summed E-state index contributed by atoms with van der Waals surface area (Å²) in [5, 5.41) is 9.19. The second-order valence-electron chi connectivity index (χ2n) is 3.63. The predicted octanol–water partition coefficient (Wildman–Crippen LogP) is 1.56. The molecule has 0 aromatic heterocycles. The van der Waals surface area contributed by atoms with E-state index >= 15 is 0 Å². The summed E-state index contributed by atoms with van der Waals surface area (Å²) in [6.07, 6.45) is 0. The molecule has 0 heterocycles. The van der Waals surface area contributed by atoms with E-state index in [0.717, 1.165) is 6.07 Å². The van der Waals surface area contributed by atoms with Gasteiger partial charge in [0.15, 0.2) is 0 Å². The van der Waals surface area contributed by atoms with E-state index in [-0.39, 0.29) is 30.3 Å². The first-order valence-corrected chi connectivity index (χ1v) is 5.82. The molecular weight excluding hydrogens is 261 g/mol. The lowest BCUT2D eigenvalue weighted by atomic mass is 10.2. The molecule has 0 fully saturated rings. The van der Waals surface area contributed by atoms with E-state index in [0.29, 0.717) is 6.61 Å². The van der Waals surface area contributed by atoms with Crippen LogP contribution in [-0.4, -0.2) is 49.3 Å². The summed E-state index contributed by atoms with van der Waals surface area (Å²) in [7, 11) is 1.50. The third-order valence-corrected chi connectivity index (χ3v) is 2.62. The van der Waals surface area contributed by atoms with Gasteiger partial charge >= 0.3 is 0 Å². The zero-order valence-electron chi connectivity index (χ0n) is 10.0. The Kier molecular flexibility index (Phi) is 6.04. The van der Waals surface area contributed by atoms with Crippen LogP contribution in [0.3, 0.4) is 0 Å². The minimum absolute atomic E-state index is 0.105. The van der Waals surface area contributed by atoms with E-state index in [1.54, 1.807) is 0 Å². The molecule has 6 heteroatoms. The van der Waals surface area contributed by atoms with Crippen LogP contribution >= 0.6 is 11.6 Å². The van der Waals surface area contributed by atoms with Crippen molar-refractivity contribution in [2.45, 2.75) is 0 Å². The van der Waals surface area contributed by atoms with Crippen molar-refractivity contribution in [2.75, 3.05) is 33.4 Å². The maximum absolute atomic E-state index is 13.5. The number of aliphatic hydroxyl groups is 1. The van der Waals surface area contributed by atoms with Gasteiger partial charge in [0.2, 0.25) is 0 Å². The maximum atomic E-state index is 13.5. The van der Waals surface area contributed by atoms with Crippen molar-refractivity contribution >= 4 is 17.5 Å². The summed E-state index contributed by atoms with van der Waals surface area (Å²) in [5.41, 5.74) is -0.105. The Labute approximate surface area is 110 Å². The van der Waals surface area contributed by atoms with Gasteiger partial charge in [0.25, 0.3) is 5.91 Å². The van der Waals surface area contributed by atoms with Gasteiger partial charge < -0.3 is 14.7 Å². The molecule has 0 atom stereocenters. The van der Waals surface area contributed by atoms with E-state index in [4.69, 9.17) is 21.4 Å². The first-order chi connectivity index (χ1) is 8.60. The number of nitrogens with zero attached hydrogens (tertiary/aromatic N) is 1. The van der Waals surface area contributed by atoms with Gasteiger partial charge in [0.1, 0.15) is 5.82 Å². The molecule has 1 rings (SSSR count). The van der Waals surface area contributed by atoms with Gasteiger partial charge in [0, 0.05) is 25.2 Å². The molecule has 1 N–H and O–H groups in total. The Bertz CT molecular complexity index is 414. The van der Waals surface area contributed by atoms with Gasteiger partial charge in [-0.25, -0.2) is 4.39 Å². The molecule has 0 aliphatic rings. The number of benzene rings is 1. The molecule has 0 unspecified atom stereocenters. The fourth-order valence-corrected chi connectivity index (χ4v) is 1.64. The van der Waals surface area contributed by atoms with Crippen molar-refractivity contribution in [3.8, 4) is 0 Å². The average Bonchev–Trinajstić information content (AvgIpc) is 2.36. The van der Waals surface area contributed by atoms with Crippen LogP contribution in [0, 0.1) is 5.82 Å². The van der Waals surface area contributed by atoms with Crippen LogP contribution in [0.15, 0.2) is 18.2 Å². The Balaban J connectivity index is 2.90. The number of carbonyl (C=O) groups excluding carboxylic acids is 1. The minimum Gasteiger partial charge on any atom is -0.395 e. The van der Waals surface area contributed by atoms with Crippen LogP contribution in [0.5, 0.6) is 0 Å². The van der Waals surface area contributed by atoms with Gasteiger partial charge in [-0.1, -0.05) is 11.6 Å². The Morgan fingerprint density at radius 1 is 1.50 bits per heavy atom. The number of halogens is 2. The molecule has 18 heavy (non-hydrogen) atoms. The van der Waals surface area contributed by atoms with E-state index < -0.39 is 11.7 Å². The zero-order chi connectivity index (χ0) is 13.5. The number of hydrogen-bond acceptors (Lipinski definition) is 3. The summed E-state index contributed by atoms with van der Waals surface area (Å²) in [6, 6.07) is 3.79. The van der Waals surface area contributed by atoms with Gasteiger partial charge in [-0.3, -0.25) is 4.79 Å². The number of hydrogen-bond donors (Lipinski definition) is 1. The number of carbonyl (C=O) groups is 1. The van der Waals surface area contributed by atoms with Crippen LogP contribution in [0.1, 0.15) is 10.4 Å². The van der Waals surface area contributed by atoms with Crippen molar-refractivity contribution < 1.29 is 19.0 Å². The lowest BCUT2D eigenvalue weighted by Crippen LogP contribution is -2.36. The first kappa shape index (κ1) is 14.9. The first-order valence-electron chi connectivity index (χ1n) is 5.44. The Morgan fingerprint density at radius 2 is 2.22 bits per heavy atom. The summed E-state index contributed by atoms with van der Waals surface area (Å²) >= 11 is 5.74. The predicted molar refractivity (Wildman–Crippen MR) is 66.3 cm³/mol. The van der Waals surface area contributed by atoms with Crippen LogP contribution in [0.25, 0.3) is 0 Å². The zero-order valence-corrected chi connectivity index (χ0v) is 10.8. The largest absolute Gasteiger partial charge is 0.395 e. The van der Waals surface area contributed by atoms with Crippen LogP contribution < -0.4 is 0 Å². The number of ether oxygens (including phenoxy) is 1. The van der Waals surface area contributed by atoms with Crippen molar-refractivity contribution in [1.82, 2.24) is 4.90 Å². The monoisotopic (exact) mass is 275 g/mol. The van der Waals surface area contributed by atoms with E-state index in [1.165, 1.54) is 24.1 Å². The Hall–Kier alpha value is -1.17. The quantitative estimate of drug-likeness (QED) is 0.857. The van der Waals surface area contributed by atoms with E-state index in [2.05, 4.69) is 0 Å². The molecule has 4 nitrogen and oxygen atoms in total. The summed E-state index contributed by atoms with van der Waals surface area (Å²) in [5.74, 6) is -1.15. The van der Waals surface area contributed by atoms with Gasteiger partial charge in [-0.2, -0.15) is 0 Å². The standard InChI is InChI=1S/C12H15ClFNO3/c1-18-7-5-15(4-6-16)12(17)10-8-9(13)2-3-11(10)14/h2-3,8,16H,4-7H2,1H3. The smallest absolute Gasteiger partial charge is 0.257 e. The van der Waals surface area contributed by atoms with Gasteiger partial charge in [-0.15, -0.1) is 0 Å². The van der Waals surface area contributed by atoms with E-state index in [9.17, 15) is 9.18 Å². The molecule has 0 radical (unpaired) electrons. The SMILES string of the molecule is COCCN(CCO)C(=O)c1cc(Cl)ccc1F. The highest BCUT2D eigenvalue weighted by Crippen LogP contribution is 2.16. The molecule has 0 bridgehead atoms. The lowest BCUT2D eigenvalue weighted by molar-refractivity contribution is 0.0652. The molecule has 0 saturated carbocycles. The minimum atomic E-state index is -0.634. The number of rotatable bonds is 6. The van der Waals surface area contributed by atoms with Gasteiger partial charge in [-0.05, 0) is 18.2 Å². The summed E-state index contributed by atoms with van der Waals surface area (Å²) in [6.45, 7) is 0.515. The van der Waals surface area contributed by atoms with Crippen molar-refractivity contribution in [1.29, 1.82) is 0 Å². The van der Waals surface area contributed by atoms with E-state index in [1.807, 2.05) is 0 Å². The van der Waals surface area contributed by atoms with Crippen molar-refractivity contribution in [3.05, 3.63) is 34.6 Å². The molecule has 100 valence electrons. The maximum Gasteiger partial charge on any atom is 0.257 e. The molecule has 1 aromatic rings. The molecule has 1 aromatic carbocycles. The van der Waals surface area contributed by atoms with Crippen molar-refractivity contribution in [3.63, 3.8) is 0 Å². The highest BCUT2D eigenvalue weighted by atomic mass is 35.5. The lowest BCUT2D eigenvalue weighted by Gasteiger charge is -2.21.